The van der Waals surface area contributed by atoms with E-state index in [-0.39, 0.29) is 0 Å². The Bertz CT molecular complexity index is 3530. The maximum Gasteiger partial charge on any atom is 0.248 e. The molecule has 8 heteroatoms. The Balaban J connectivity index is 0.978. The van der Waals surface area contributed by atoms with Gasteiger partial charge >= 0.3 is 0 Å². The molecule has 0 bridgehead atoms. The molecule has 61 heavy (non-hydrogen) atoms. The van der Waals surface area contributed by atoms with Crippen LogP contribution in [0.25, 0.3) is 112 Å². The number of benzene rings is 8. The van der Waals surface area contributed by atoms with Gasteiger partial charge in [0, 0.05) is 60.7 Å². The van der Waals surface area contributed by atoms with Gasteiger partial charge in [-0.1, -0.05) is 140 Å². The van der Waals surface area contributed by atoms with E-state index in [4.69, 9.17) is 19.4 Å². The molecule has 0 fully saturated rings. The Morgan fingerprint density at radius 2 is 0.836 bits per heavy atom. The minimum atomic E-state index is 0.452. The fourth-order valence-electron chi connectivity index (χ4n) is 8.61. The SMILES string of the molecule is c1ccc(-c2nc(-c3ccccc3)nc(-c3cccc(-n4c5ccccc5c5c(-c6nnc(-c7ccc8c9ccccc9n(-c9ccccc9)c8c7)o6)cccc54)c3)n2)cc1. The topological polar surface area (TPSA) is 87.5 Å². The summed E-state index contributed by atoms with van der Waals surface area (Å²) in [7, 11) is 0. The van der Waals surface area contributed by atoms with E-state index in [2.05, 4.69) is 153 Å². The Hall–Kier alpha value is -8.49. The zero-order valence-electron chi connectivity index (χ0n) is 32.6. The molecule has 0 atom stereocenters. The minimum Gasteiger partial charge on any atom is -0.416 e. The maximum atomic E-state index is 6.61. The van der Waals surface area contributed by atoms with E-state index < -0.39 is 0 Å². The standard InChI is InChI=1S/C53H33N7O/c1-4-16-34(17-5-1)49-54-50(35-18-6-2-7-19-35)56-51(55-49)36-20-14-23-39(32-36)60-45-28-13-11-25-42(45)48-43(26-15-29-46(48)60)53-58-57-52(61-53)37-30-31-41-40-24-10-12-27-44(40)59(47(41)33-37)38-21-8-3-9-22-38/h1-33H. The molecule has 0 spiro atoms. The predicted octanol–water partition coefficient (Wildman–Crippen LogP) is 12.8. The number of hydrogen-bond donors (Lipinski definition) is 0. The summed E-state index contributed by atoms with van der Waals surface area (Å²) in [5, 5.41) is 13.7. The monoisotopic (exact) mass is 783 g/mol. The van der Waals surface area contributed by atoms with Crippen molar-refractivity contribution in [3.63, 3.8) is 0 Å². The molecule has 12 aromatic rings. The molecule has 0 amide bonds. The van der Waals surface area contributed by atoms with Crippen molar-refractivity contribution in [2.75, 3.05) is 0 Å². The van der Waals surface area contributed by atoms with Crippen LogP contribution in [0.2, 0.25) is 0 Å². The van der Waals surface area contributed by atoms with Gasteiger partial charge in [-0.3, -0.25) is 0 Å². The first kappa shape index (κ1) is 34.5. The van der Waals surface area contributed by atoms with Gasteiger partial charge in [0.25, 0.3) is 0 Å². The molecule has 286 valence electrons. The van der Waals surface area contributed by atoms with Crippen LogP contribution < -0.4 is 0 Å². The van der Waals surface area contributed by atoms with E-state index in [1.807, 2.05) is 66.7 Å². The number of fused-ring (bicyclic) bond motifs is 6. The van der Waals surface area contributed by atoms with Gasteiger partial charge in [-0.25, -0.2) is 15.0 Å². The molecular weight excluding hydrogens is 751 g/mol. The third kappa shape index (κ3) is 5.80. The highest BCUT2D eigenvalue weighted by Crippen LogP contribution is 2.40. The second kappa shape index (κ2) is 14.1. The first-order chi connectivity index (χ1) is 30.2. The highest BCUT2D eigenvalue weighted by Gasteiger charge is 2.21. The van der Waals surface area contributed by atoms with Gasteiger partial charge in [0.2, 0.25) is 11.8 Å². The second-order valence-corrected chi connectivity index (χ2v) is 15.0. The molecule has 0 aliphatic heterocycles. The van der Waals surface area contributed by atoms with E-state index in [1.54, 1.807) is 0 Å². The number of nitrogens with zero attached hydrogens (tertiary/aromatic N) is 7. The summed E-state index contributed by atoms with van der Waals surface area (Å²) in [5.41, 5.74) is 10.8. The van der Waals surface area contributed by atoms with Crippen LogP contribution in [0.4, 0.5) is 0 Å². The van der Waals surface area contributed by atoms with Crippen LogP contribution in [0.3, 0.4) is 0 Å². The second-order valence-electron chi connectivity index (χ2n) is 15.0. The van der Waals surface area contributed by atoms with Crippen LogP contribution in [0, 0.1) is 0 Å². The number of para-hydroxylation sites is 3. The van der Waals surface area contributed by atoms with Crippen LogP contribution >= 0.6 is 0 Å². The van der Waals surface area contributed by atoms with Gasteiger partial charge in [-0.05, 0) is 60.7 Å². The summed E-state index contributed by atoms with van der Waals surface area (Å²) < 4.78 is 11.2. The highest BCUT2D eigenvalue weighted by atomic mass is 16.4. The van der Waals surface area contributed by atoms with Gasteiger partial charge in [0.1, 0.15) is 0 Å². The normalized spacial score (nSPS) is 11.6. The zero-order chi connectivity index (χ0) is 40.3. The van der Waals surface area contributed by atoms with E-state index in [1.165, 1.54) is 5.39 Å². The number of rotatable bonds is 7. The lowest BCUT2D eigenvalue weighted by Crippen LogP contribution is -2.01. The first-order valence-electron chi connectivity index (χ1n) is 20.2. The quantitative estimate of drug-likeness (QED) is 0.160. The molecule has 0 unspecified atom stereocenters. The van der Waals surface area contributed by atoms with Crippen LogP contribution in [0.15, 0.2) is 205 Å². The molecular formula is C53H33N7O. The van der Waals surface area contributed by atoms with Crippen molar-refractivity contribution >= 4 is 43.6 Å². The molecule has 0 saturated carbocycles. The lowest BCUT2D eigenvalue weighted by Gasteiger charge is -2.11. The molecule has 0 saturated heterocycles. The van der Waals surface area contributed by atoms with E-state index in [0.717, 1.165) is 77.4 Å². The molecule has 4 aromatic heterocycles. The number of aromatic nitrogens is 7. The van der Waals surface area contributed by atoms with Crippen molar-refractivity contribution in [1.82, 2.24) is 34.3 Å². The summed E-state index contributed by atoms with van der Waals surface area (Å²) in [6.45, 7) is 0. The van der Waals surface area contributed by atoms with Crippen LogP contribution in [0.5, 0.6) is 0 Å². The summed E-state index contributed by atoms with van der Waals surface area (Å²) in [5.74, 6) is 2.74. The Kier molecular flexibility index (Phi) is 7.99. The lowest BCUT2D eigenvalue weighted by atomic mass is 10.1. The fourth-order valence-corrected chi connectivity index (χ4v) is 8.61. The molecule has 4 heterocycles. The summed E-state index contributed by atoms with van der Waals surface area (Å²) in [4.78, 5) is 14.9. The van der Waals surface area contributed by atoms with Crippen molar-refractivity contribution in [2.24, 2.45) is 0 Å². The maximum absolute atomic E-state index is 6.61. The Morgan fingerprint density at radius 3 is 1.56 bits per heavy atom. The average Bonchev–Trinajstić information content (AvgIpc) is 4.05. The van der Waals surface area contributed by atoms with Crippen molar-refractivity contribution in [3.8, 4) is 68.4 Å². The van der Waals surface area contributed by atoms with E-state index >= 15 is 0 Å². The van der Waals surface area contributed by atoms with Crippen LogP contribution in [-0.4, -0.2) is 34.3 Å². The lowest BCUT2D eigenvalue weighted by molar-refractivity contribution is 0.585. The summed E-state index contributed by atoms with van der Waals surface area (Å²) in [6.07, 6.45) is 0. The van der Waals surface area contributed by atoms with Gasteiger partial charge < -0.3 is 13.6 Å². The zero-order valence-corrected chi connectivity index (χ0v) is 32.6. The smallest absolute Gasteiger partial charge is 0.248 e. The van der Waals surface area contributed by atoms with Crippen LogP contribution in [-0.2, 0) is 0 Å². The third-order valence-electron chi connectivity index (χ3n) is 11.4. The van der Waals surface area contributed by atoms with Gasteiger partial charge in [0.05, 0.1) is 22.1 Å². The van der Waals surface area contributed by atoms with Crippen molar-refractivity contribution in [1.29, 1.82) is 0 Å². The highest BCUT2D eigenvalue weighted by molar-refractivity contribution is 6.15. The Labute approximate surface area is 349 Å². The average molecular weight is 784 g/mol. The van der Waals surface area contributed by atoms with Gasteiger partial charge in [-0.2, -0.15) is 0 Å². The van der Waals surface area contributed by atoms with E-state index in [9.17, 15) is 0 Å². The van der Waals surface area contributed by atoms with Gasteiger partial charge in [0.15, 0.2) is 17.5 Å². The van der Waals surface area contributed by atoms with E-state index in [0.29, 0.717) is 29.3 Å². The predicted molar refractivity (Wildman–Crippen MR) is 244 cm³/mol. The summed E-state index contributed by atoms with van der Waals surface area (Å²) in [6, 6.07) is 68.5. The molecule has 0 N–H and O–H groups in total. The molecule has 8 aromatic carbocycles. The molecule has 0 aliphatic rings. The third-order valence-corrected chi connectivity index (χ3v) is 11.4. The van der Waals surface area contributed by atoms with Crippen LogP contribution in [0.1, 0.15) is 0 Å². The fraction of sp³-hybridized carbons (Fsp3) is 0. The Morgan fingerprint density at radius 1 is 0.328 bits per heavy atom. The van der Waals surface area contributed by atoms with Gasteiger partial charge in [-0.15, -0.1) is 10.2 Å². The minimum absolute atomic E-state index is 0.452. The largest absolute Gasteiger partial charge is 0.416 e. The van der Waals surface area contributed by atoms with Crippen molar-refractivity contribution in [3.05, 3.63) is 200 Å². The molecule has 0 radical (unpaired) electrons. The van der Waals surface area contributed by atoms with Crippen molar-refractivity contribution in [2.45, 2.75) is 0 Å². The summed E-state index contributed by atoms with van der Waals surface area (Å²) >= 11 is 0. The molecule has 0 aliphatic carbocycles. The van der Waals surface area contributed by atoms with Crippen molar-refractivity contribution < 1.29 is 4.42 Å². The first-order valence-corrected chi connectivity index (χ1v) is 20.2. The molecule has 8 nitrogen and oxygen atoms in total. The number of hydrogen-bond acceptors (Lipinski definition) is 6. The molecule has 12 rings (SSSR count).